The van der Waals surface area contributed by atoms with Crippen LogP contribution in [0.25, 0.3) is 0 Å². The van der Waals surface area contributed by atoms with Crippen molar-refractivity contribution in [3.05, 3.63) is 11.7 Å². The minimum atomic E-state index is -0.794. The molecule has 0 saturated carbocycles. The van der Waals surface area contributed by atoms with Crippen molar-refractivity contribution < 1.29 is 14.4 Å². The van der Waals surface area contributed by atoms with E-state index >= 15 is 0 Å². The van der Waals surface area contributed by atoms with E-state index in [-0.39, 0.29) is 12.5 Å². The monoisotopic (exact) mass is 269 g/mol. The van der Waals surface area contributed by atoms with Crippen molar-refractivity contribution in [1.82, 2.24) is 15.0 Å². The Kier molecular flexibility index (Phi) is 5.95. The molecule has 0 fully saturated rings. The van der Waals surface area contributed by atoms with E-state index in [2.05, 4.69) is 24.0 Å². The van der Waals surface area contributed by atoms with Crippen LogP contribution in [0.5, 0.6) is 0 Å². The maximum atomic E-state index is 10.7. The minimum Gasteiger partial charge on any atom is -0.481 e. The van der Waals surface area contributed by atoms with Crippen LogP contribution in [0.1, 0.15) is 45.8 Å². The number of nitrogens with zero attached hydrogens (tertiary/aromatic N) is 3. The van der Waals surface area contributed by atoms with Gasteiger partial charge in [0, 0.05) is 12.5 Å². The number of carboxylic acids is 1. The molecule has 1 unspecified atom stereocenters. The summed E-state index contributed by atoms with van der Waals surface area (Å²) in [7, 11) is 0. The Hall–Kier alpha value is -1.43. The number of carbonyl (C=O) groups is 1. The quantitative estimate of drug-likeness (QED) is 0.777. The highest BCUT2D eigenvalue weighted by atomic mass is 16.5. The average Bonchev–Trinajstić information content (AvgIpc) is 2.71. The Morgan fingerprint density at radius 2 is 2.11 bits per heavy atom. The molecule has 1 N–H and O–H groups in total. The van der Waals surface area contributed by atoms with Gasteiger partial charge in [-0.05, 0) is 19.4 Å². The van der Waals surface area contributed by atoms with Gasteiger partial charge in [-0.25, -0.2) is 0 Å². The molecule has 1 heterocycles. The first-order chi connectivity index (χ1) is 8.92. The molecule has 6 heteroatoms. The third kappa shape index (κ3) is 5.38. The predicted octanol–water partition coefficient (Wildman–Crippen LogP) is 1.95. The zero-order valence-corrected chi connectivity index (χ0v) is 12.1. The molecule has 0 aliphatic heterocycles. The molecular formula is C13H23N3O3. The van der Waals surface area contributed by atoms with Gasteiger partial charge in [0.05, 0.1) is 13.0 Å². The standard InChI is InChI=1S/C13H23N3O3/c1-5-16(10(4)7-13(17)18)8-12-14-11(15-19-12)6-9(2)3/h9-10H,5-8H2,1-4H3,(H,17,18). The molecule has 0 aromatic carbocycles. The van der Waals surface area contributed by atoms with Crippen molar-refractivity contribution >= 4 is 5.97 Å². The van der Waals surface area contributed by atoms with Crippen LogP contribution in [0.15, 0.2) is 4.52 Å². The minimum absolute atomic E-state index is 0.0528. The van der Waals surface area contributed by atoms with Crippen molar-refractivity contribution in [2.75, 3.05) is 6.54 Å². The molecule has 0 radical (unpaired) electrons. The smallest absolute Gasteiger partial charge is 0.304 e. The summed E-state index contributed by atoms with van der Waals surface area (Å²) in [6.45, 7) is 9.33. The van der Waals surface area contributed by atoms with E-state index in [0.29, 0.717) is 24.2 Å². The molecule has 0 bridgehead atoms. The fourth-order valence-electron chi connectivity index (χ4n) is 1.94. The van der Waals surface area contributed by atoms with E-state index in [1.54, 1.807) is 0 Å². The summed E-state index contributed by atoms with van der Waals surface area (Å²) in [6, 6.07) is -0.0528. The second-order valence-corrected chi connectivity index (χ2v) is 5.21. The Labute approximate surface area is 113 Å². The SMILES string of the molecule is CCN(Cc1nc(CC(C)C)no1)C(C)CC(=O)O. The lowest BCUT2D eigenvalue weighted by molar-refractivity contribution is -0.138. The third-order valence-electron chi connectivity index (χ3n) is 2.94. The average molecular weight is 269 g/mol. The van der Waals surface area contributed by atoms with Gasteiger partial charge >= 0.3 is 5.97 Å². The van der Waals surface area contributed by atoms with Crippen LogP contribution >= 0.6 is 0 Å². The fraction of sp³-hybridized carbons (Fsp3) is 0.769. The van der Waals surface area contributed by atoms with Crippen molar-refractivity contribution in [2.45, 2.75) is 53.1 Å². The molecule has 1 aromatic heterocycles. The first-order valence-electron chi connectivity index (χ1n) is 6.69. The molecule has 0 aliphatic carbocycles. The predicted molar refractivity (Wildman–Crippen MR) is 70.6 cm³/mol. The Bertz CT molecular complexity index is 404. The summed E-state index contributed by atoms with van der Waals surface area (Å²) in [5.74, 6) is 0.956. The van der Waals surface area contributed by atoms with Crippen molar-refractivity contribution in [1.29, 1.82) is 0 Å². The van der Waals surface area contributed by atoms with Crippen LogP contribution in [0, 0.1) is 5.92 Å². The van der Waals surface area contributed by atoms with Crippen molar-refractivity contribution in [3.8, 4) is 0 Å². The largest absolute Gasteiger partial charge is 0.481 e. The van der Waals surface area contributed by atoms with Crippen LogP contribution in [0.2, 0.25) is 0 Å². The number of hydrogen-bond donors (Lipinski definition) is 1. The lowest BCUT2D eigenvalue weighted by Crippen LogP contribution is -2.34. The second kappa shape index (κ2) is 7.23. The molecule has 0 amide bonds. The van der Waals surface area contributed by atoms with Crippen molar-refractivity contribution in [2.24, 2.45) is 5.92 Å². The van der Waals surface area contributed by atoms with Crippen LogP contribution in [0.4, 0.5) is 0 Å². The van der Waals surface area contributed by atoms with E-state index in [1.165, 1.54) is 0 Å². The zero-order chi connectivity index (χ0) is 14.4. The maximum absolute atomic E-state index is 10.7. The summed E-state index contributed by atoms with van der Waals surface area (Å²) < 4.78 is 5.20. The van der Waals surface area contributed by atoms with Gasteiger partial charge < -0.3 is 9.63 Å². The number of carboxylic acid groups (broad SMARTS) is 1. The van der Waals surface area contributed by atoms with E-state index < -0.39 is 5.97 Å². The summed E-state index contributed by atoms with van der Waals surface area (Å²) >= 11 is 0. The Morgan fingerprint density at radius 1 is 1.42 bits per heavy atom. The summed E-state index contributed by atoms with van der Waals surface area (Å²) in [4.78, 5) is 17.1. The number of aromatic nitrogens is 2. The first kappa shape index (κ1) is 15.6. The molecule has 1 rings (SSSR count). The third-order valence-corrected chi connectivity index (χ3v) is 2.94. The van der Waals surface area contributed by atoms with E-state index in [4.69, 9.17) is 9.63 Å². The van der Waals surface area contributed by atoms with Gasteiger partial charge in [-0.2, -0.15) is 4.98 Å². The molecule has 1 atom stereocenters. The maximum Gasteiger partial charge on any atom is 0.304 e. The molecule has 0 aliphatic rings. The van der Waals surface area contributed by atoms with Gasteiger partial charge in [-0.15, -0.1) is 0 Å². The summed E-state index contributed by atoms with van der Waals surface area (Å²) in [6.07, 6.45) is 0.904. The number of aliphatic carboxylic acids is 1. The highest BCUT2D eigenvalue weighted by Crippen LogP contribution is 2.11. The van der Waals surface area contributed by atoms with E-state index in [0.717, 1.165) is 13.0 Å². The normalized spacial score (nSPS) is 13.2. The topological polar surface area (TPSA) is 79.5 Å². The fourth-order valence-corrected chi connectivity index (χ4v) is 1.94. The molecule has 108 valence electrons. The highest BCUT2D eigenvalue weighted by Gasteiger charge is 2.18. The van der Waals surface area contributed by atoms with Gasteiger partial charge in [-0.3, -0.25) is 9.69 Å². The molecule has 6 nitrogen and oxygen atoms in total. The van der Waals surface area contributed by atoms with Gasteiger partial charge in [0.25, 0.3) is 0 Å². The molecule has 1 aromatic rings. The van der Waals surface area contributed by atoms with Crippen molar-refractivity contribution in [3.63, 3.8) is 0 Å². The van der Waals surface area contributed by atoms with Gasteiger partial charge in [0.15, 0.2) is 5.82 Å². The van der Waals surface area contributed by atoms with Gasteiger partial charge in [0.2, 0.25) is 5.89 Å². The lowest BCUT2D eigenvalue weighted by atomic mass is 10.1. The first-order valence-corrected chi connectivity index (χ1v) is 6.69. The number of hydrogen-bond acceptors (Lipinski definition) is 5. The van der Waals surface area contributed by atoms with Crippen LogP contribution in [-0.4, -0.2) is 38.7 Å². The second-order valence-electron chi connectivity index (χ2n) is 5.21. The summed E-state index contributed by atoms with van der Waals surface area (Å²) in [5, 5.41) is 12.8. The molecular weight excluding hydrogens is 246 g/mol. The van der Waals surface area contributed by atoms with Gasteiger partial charge in [0.1, 0.15) is 0 Å². The summed E-state index contributed by atoms with van der Waals surface area (Å²) in [5.41, 5.74) is 0. The van der Waals surface area contributed by atoms with E-state index in [9.17, 15) is 4.79 Å². The number of rotatable bonds is 8. The molecule has 0 spiro atoms. The van der Waals surface area contributed by atoms with Gasteiger partial charge in [-0.1, -0.05) is 25.9 Å². The van der Waals surface area contributed by atoms with E-state index in [1.807, 2.05) is 18.7 Å². The Balaban J connectivity index is 2.60. The Morgan fingerprint density at radius 3 is 2.63 bits per heavy atom. The van der Waals surface area contributed by atoms with Crippen LogP contribution in [-0.2, 0) is 17.8 Å². The zero-order valence-electron chi connectivity index (χ0n) is 12.1. The lowest BCUT2D eigenvalue weighted by Gasteiger charge is -2.24. The highest BCUT2D eigenvalue weighted by molar-refractivity contribution is 5.67. The van der Waals surface area contributed by atoms with Crippen LogP contribution in [0.3, 0.4) is 0 Å². The molecule has 19 heavy (non-hydrogen) atoms. The molecule has 0 saturated heterocycles. The van der Waals surface area contributed by atoms with Crippen LogP contribution < -0.4 is 0 Å².